The lowest BCUT2D eigenvalue weighted by Gasteiger charge is -2.06. The molecule has 2 N–H and O–H groups in total. The summed E-state index contributed by atoms with van der Waals surface area (Å²) in [6, 6.07) is 0.682. The third-order valence-electron chi connectivity index (χ3n) is 1.53. The number of thiophene rings is 1. The molecule has 1 aromatic heterocycles. The summed E-state index contributed by atoms with van der Waals surface area (Å²) >= 11 is 1.17. The highest BCUT2D eigenvalue weighted by Crippen LogP contribution is 2.19. The maximum absolute atomic E-state index is 10.5. The molecule has 0 aromatic carbocycles. The van der Waals surface area contributed by atoms with Crippen molar-refractivity contribution in [3.63, 3.8) is 0 Å². The summed E-state index contributed by atoms with van der Waals surface area (Å²) in [4.78, 5) is 10.5. The van der Waals surface area contributed by atoms with E-state index in [0.29, 0.717) is 5.00 Å². The zero-order chi connectivity index (χ0) is 10.7. The van der Waals surface area contributed by atoms with Gasteiger partial charge in [-0.2, -0.15) is 0 Å². The highest BCUT2D eigenvalue weighted by Gasteiger charge is 2.12. The van der Waals surface area contributed by atoms with Gasteiger partial charge < -0.3 is 10.4 Å². The van der Waals surface area contributed by atoms with E-state index in [4.69, 9.17) is 5.11 Å². The van der Waals surface area contributed by atoms with Crippen LogP contribution in [0.3, 0.4) is 0 Å². The molecule has 1 rings (SSSR count). The molecule has 0 unspecified atom stereocenters. The van der Waals surface area contributed by atoms with Crippen molar-refractivity contribution < 1.29 is 19.0 Å². The van der Waals surface area contributed by atoms with Crippen molar-refractivity contribution in [2.24, 2.45) is 0 Å². The number of carboxylic acids is 1. The first-order chi connectivity index (χ1) is 6.50. The van der Waals surface area contributed by atoms with Crippen LogP contribution in [0.2, 0.25) is 0 Å². The summed E-state index contributed by atoms with van der Waals surface area (Å²) in [6.07, 6.45) is 0. The molecule has 7 heteroatoms. The van der Waals surface area contributed by atoms with E-state index in [1.807, 2.05) is 0 Å². The first-order valence-corrected chi connectivity index (χ1v) is 5.78. The molecule has 1 aromatic rings. The van der Waals surface area contributed by atoms with Crippen molar-refractivity contribution >= 4 is 35.3 Å². The zero-order valence-corrected chi connectivity index (χ0v) is 8.97. The first-order valence-electron chi connectivity index (χ1n) is 3.73. The van der Waals surface area contributed by atoms with E-state index in [9.17, 15) is 13.9 Å². The smallest absolute Gasteiger partial charge is 0.349 e. The molecular weight excluding hydrogens is 225 g/mol. The maximum Gasteiger partial charge on any atom is 0.349 e. The summed E-state index contributed by atoms with van der Waals surface area (Å²) in [5.74, 6) is -0.980. The van der Waals surface area contributed by atoms with Gasteiger partial charge in [-0.1, -0.05) is 0 Å². The molecule has 0 amide bonds. The summed E-state index contributed by atoms with van der Waals surface area (Å²) in [6.45, 7) is 1.49. The molecule has 0 aliphatic heterocycles. The lowest BCUT2D eigenvalue weighted by molar-refractivity contribution is -0.137. The Balaban J connectivity index is 2.73. The van der Waals surface area contributed by atoms with Gasteiger partial charge in [0.2, 0.25) is 0 Å². The van der Waals surface area contributed by atoms with E-state index in [-0.39, 0.29) is 5.30 Å². The number of rotatable bonds is 4. The van der Waals surface area contributed by atoms with Crippen molar-refractivity contribution in [1.82, 2.24) is 0 Å². The second kappa shape index (κ2) is 4.39. The van der Waals surface area contributed by atoms with Crippen molar-refractivity contribution in [1.29, 1.82) is 0 Å². The van der Waals surface area contributed by atoms with E-state index in [1.54, 1.807) is 0 Å². The van der Waals surface area contributed by atoms with Gasteiger partial charge >= 0.3 is 13.6 Å². The molecule has 1 heterocycles. The van der Waals surface area contributed by atoms with Crippen LogP contribution in [0.4, 0.5) is 5.00 Å². The fraction of sp³-hybridized carbons (Fsp3) is 0.286. The Morgan fingerprint density at radius 2 is 2.29 bits per heavy atom. The monoisotopic (exact) mass is 233 g/mol. The minimum absolute atomic E-state index is 0.199. The number of hydrogen-bond acceptors (Lipinski definition) is 5. The van der Waals surface area contributed by atoms with Gasteiger partial charge in [-0.15, -0.1) is 11.3 Å². The normalized spacial score (nSPS) is 12.1. The average Bonchev–Trinajstić information content (AvgIpc) is 2.52. The van der Waals surface area contributed by atoms with Crippen LogP contribution in [0.15, 0.2) is 11.4 Å². The van der Waals surface area contributed by atoms with Crippen LogP contribution >= 0.6 is 19.0 Å². The Hall–Kier alpha value is -1.13. The van der Waals surface area contributed by atoms with Crippen LogP contribution in [-0.2, 0) is 13.9 Å². The maximum atomic E-state index is 10.5. The predicted molar refractivity (Wildman–Crippen MR) is 53.0 cm³/mol. The van der Waals surface area contributed by atoms with E-state index >= 15 is 0 Å². The van der Waals surface area contributed by atoms with E-state index < -0.39 is 19.7 Å². The Bertz CT molecular complexity index is 404. The Labute approximate surface area is 84.6 Å². The Morgan fingerprint density at radius 1 is 1.64 bits per heavy atom. The molecular formula is C7H8NO4PS. The quantitative estimate of drug-likeness (QED) is 0.768. The molecule has 76 valence electrons. The third kappa shape index (κ3) is 2.68. The van der Waals surface area contributed by atoms with Crippen LogP contribution in [0.1, 0.15) is 6.92 Å². The predicted octanol–water partition coefficient (Wildman–Crippen LogP) is 1.43. The molecule has 0 bridgehead atoms. The summed E-state index contributed by atoms with van der Waals surface area (Å²) in [7, 11) is -2.59. The Morgan fingerprint density at radius 3 is 2.71 bits per heavy atom. The largest absolute Gasteiger partial charge is 0.480 e. The lowest BCUT2D eigenvalue weighted by Crippen LogP contribution is -2.24. The molecule has 0 aliphatic rings. The average molecular weight is 233 g/mol. The van der Waals surface area contributed by atoms with Gasteiger partial charge in [0.25, 0.3) is 0 Å². The van der Waals surface area contributed by atoms with E-state index in [1.165, 1.54) is 29.7 Å². The molecule has 1 atom stereocenters. The van der Waals surface area contributed by atoms with Gasteiger partial charge in [0, 0.05) is 5.38 Å². The van der Waals surface area contributed by atoms with Crippen LogP contribution in [0, 0.1) is 0 Å². The second-order valence-corrected chi connectivity index (χ2v) is 4.57. The van der Waals surface area contributed by atoms with Crippen molar-refractivity contribution in [2.75, 3.05) is 5.32 Å². The van der Waals surface area contributed by atoms with Gasteiger partial charge in [-0.3, -0.25) is 4.79 Å². The molecule has 0 saturated heterocycles. The summed E-state index contributed by atoms with van der Waals surface area (Å²) in [5, 5.41) is 13.4. The van der Waals surface area contributed by atoms with Gasteiger partial charge in [0.1, 0.15) is 6.04 Å². The number of hydrogen-bond donors (Lipinski definition) is 2. The van der Waals surface area contributed by atoms with Crippen molar-refractivity contribution in [3.8, 4) is 0 Å². The third-order valence-corrected chi connectivity index (χ3v) is 3.24. The highest BCUT2D eigenvalue weighted by molar-refractivity contribution is 7.41. The highest BCUT2D eigenvalue weighted by atomic mass is 32.1. The van der Waals surface area contributed by atoms with Crippen LogP contribution in [0.25, 0.3) is 0 Å². The molecule has 0 saturated carbocycles. The lowest BCUT2D eigenvalue weighted by atomic mass is 10.3. The zero-order valence-electron chi connectivity index (χ0n) is 7.26. The van der Waals surface area contributed by atoms with Crippen LogP contribution in [0.5, 0.6) is 0 Å². The fourth-order valence-corrected chi connectivity index (χ4v) is 2.35. The van der Waals surface area contributed by atoms with Gasteiger partial charge in [0.15, 0.2) is 0 Å². The molecule has 5 nitrogen and oxygen atoms in total. The standard InChI is InChI=1S/C7H8NO4PS/c1-4(7(9)10)8-6-2-5(3-14-6)13(11)12/h2-4,8H,1H3,(H,9,10)/t4-/m0/s1. The van der Waals surface area contributed by atoms with E-state index in [2.05, 4.69) is 5.32 Å². The number of carbonyl (C=O) groups is 1. The van der Waals surface area contributed by atoms with Crippen LogP contribution < -0.4 is 10.6 Å². The molecule has 0 fully saturated rings. The first kappa shape index (κ1) is 10.9. The van der Waals surface area contributed by atoms with Crippen molar-refractivity contribution in [2.45, 2.75) is 13.0 Å². The molecule has 0 aliphatic carbocycles. The minimum Gasteiger partial charge on any atom is -0.480 e. The SMILES string of the molecule is C[C@H](Nc1cc(P(=O)=O)cs1)C(=O)O. The Kier molecular flexibility index (Phi) is 3.43. The minimum atomic E-state index is -2.59. The second-order valence-electron chi connectivity index (χ2n) is 2.63. The number of aliphatic carboxylic acids is 1. The topological polar surface area (TPSA) is 83.5 Å². The molecule has 0 radical (unpaired) electrons. The van der Waals surface area contributed by atoms with Gasteiger partial charge in [0.05, 0.1) is 10.3 Å². The summed E-state index contributed by atoms with van der Waals surface area (Å²) < 4.78 is 21.1. The fourth-order valence-electron chi connectivity index (χ4n) is 0.773. The molecule has 0 spiro atoms. The number of anilines is 1. The number of nitrogens with one attached hydrogen (secondary N) is 1. The number of carboxylic acid groups (broad SMARTS) is 1. The van der Waals surface area contributed by atoms with Gasteiger partial charge in [-0.05, 0) is 13.0 Å². The van der Waals surface area contributed by atoms with E-state index in [0.717, 1.165) is 0 Å². The van der Waals surface area contributed by atoms with Gasteiger partial charge in [-0.25, -0.2) is 9.13 Å². The molecule has 14 heavy (non-hydrogen) atoms. The van der Waals surface area contributed by atoms with Crippen LogP contribution in [-0.4, -0.2) is 17.1 Å². The summed E-state index contributed by atoms with van der Waals surface area (Å²) in [5.41, 5.74) is 0. The van der Waals surface area contributed by atoms with Crippen molar-refractivity contribution in [3.05, 3.63) is 11.4 Å².